The zero-order valence-electron chi connectivity index (χ0n) is 11.3. The lowest BCUT2D eigenvalue weighted by Crippen LogP contribution is -2.12. The van der Waals surface area contributed by atoms with Gasteiger partial charge >= 0.3 is 0 Å². The van der Waals surface area contributed by atoms with E-state index < -0.39 is 0 Å². The maximum atomic E-state index is 5.96. The van der Waals surface area contributed by atoms with Crippen molar-refractivity contribution >= 4 is 11.6 Å². The molecule has 2 N–H and O–H groups in total. The van der Waals surface area contributed by atoms with E-state index in [1.54, 1.807) is 6.20 Å². The van der Waals surface area contributed by atoms with Gasteiger partial charge in [0.05, 0.1) is 11.6 Å². The number of unbranched alkanes of at least 4 members (excludes halogenated alkanes) is 1. The van der Waals surface area contributed by atoms with Crippen molar-refractivity contribution in [1.29, 1.82) is 0 Å². The van der Waals surface area contributed by atoms with E-state index >= 15 is 0 Å². The van der Waals surface area contributed by atoms with Gasteiger partial charge in [0.25, 0.3) is 0 Å². The van der Waals surface area contributed by atoms with Gasteiger partial charge in [-0.15, -0.1) is 0 Å². The maximum Gasteiger partial charge on any atom is 0.213 e. The fourth-order valence-electron chi connectivity index (χ4n) is 1.80. The highest BCUT2D eigenvalue weighted by Crippen LogP contribution is 2.20. The molecule has 102 valence electrons. The Hall–Kier alpha value is -0.800. The Morgan fingerprint density at radius 1 is 1.44 bits per heavy atom. The average molecular weight is 271 g/mol. The fraction of sp³-hybridized carbons (Fsp3) is 0.643. The summed E-state index contributed by atoms with van der Waals surface area (Å²) in [7, 11) is 0. The van der Waals surface area contributed by atoms with E-state index in [-0.39, 0.29) is 0 Å². The van der Waals surface area contributed by atoms with Crippen LogP contribution in [0, 0.1) is 5.92 Å². The minimum Gasteiger partial charge on any atom is -0.477 e. The summed E-state index contributed by atoms with van der Waals surface area (Å²) in [6.45, 7) is 5.53. The van der Waals surface area contributed by atoms with Crippen LogP contribution in [0.5, 0.6) is 5.88 Å². The van der Waals surface area contributed by atoms with Crippen molar-refractivity contribution in [2.75, 3.05) is 6.61 Å². The summed E-state index contributed by atoms with van der Waals surface area (Å²) in [5.74, 6) is 1.22. The highest BCUT2D eigenvalue weighted by molar-refractivity contribution is 6.31. The molecule has 4 heteroatoms. The van der Waals surface area contributed by atoms with Crippen molar-refractivity contribution in [2.45, 2.75) is 46.1 Å². The standard InChI is InChI=1S/C14H23ClN2O/c1-3-5-6-11(4-2)10-18-14-7-12(8-16)13(15)9-17-14/h7,9,11H,3-6,8,10,16H2,1-2H3. The molecule has 0 aliphatic carbocycles. The predicted octanol–water partition coefficient (Wildman–Crippen LogP) is 3.79. The van der Waals surface area contributed by atoms with Crippen LogP contribution in [0.1, 0.15) is 45.1 Å². The molecule has 0 saturated carbocycles. The minimum atomic E-state index is 0.407. The Morgan fingerprint density at radius 3 is 2.83 bits per heavy atom. The van der Waals surface area contributed by atoms with Crippen LogP contribution in [0.25, 0.3) is 0 Å². The second kappa shape index (κ2) is 8.33. The number of nitrogens with two attached hydrogens (primary N) is 1. The first-order valence-corrected chi connectivity index (χ1v) is 7.06. The molecule has 0 saturated heterocycles. The molecule has 0 radical (unpaired) electrons. The zero-order valence-corrected chi connectivity index (χ0v) is 12.0. The lowest BCUT2D eigenvalue weighted by Gasteiger charge is -2.15. The van der Waals surface area contributed by atoms with Gasteiger partial charge in [-0.2, -0.15) is 0 Å². The van der Waals surface area contributed by atoms with Gasteiger partial charge < -0.3 is 10.5 Å². The van der Waals surface area contributed by atoms with E-state index in [4.69, 9.17) is 22.1 Å². The van der Waals surface area contributed by atoms with Crippen LogP contribution in [-0.2, 0) is 6.54 Å². The number of pyridine rings is 1. The van der Waals surface area contributed by atoms with E-state index in [1.165, 1.54) is 19.3 Å². The number of halogens is 1. The molecule has 1 rings (SSSR count). The molecule has 0 aromatic carbocycles. The molecule has 1 aromatic rings. The third-order valence-corrected chi connectivity index (χ3v) is 3.48. The number of hydrogen-bond acceptors (Lipinski definition) is 3. The average Bonchev–Trinajstić information content (AvgIpc) is 2.40. The smallest absolute Gasteiger partial charge is 0.213 e. The molecule has 18 heavy (non-hydrogen) atoms. The Kier molecular flexibility index (Phi) is 7.06. The summed E-state index contributed by atoms with van der Waals surface area (Å²) in [6, 6.07) is 1.83. The first kappa shape index (κ1) is 15.3. The monoisotopic (exact) mass is 270 g/mol. The fourth-order valence-corrected chi connectivity index (χ4v) is 1.98. The summed E-state index contributed by atoms with van der Waals surface area (Å²) in [5, 5.41) is 0.600. The summed E-state index contributed by atoms with van der Waals surface area (Å²) in [4.78, 5) is 4.16. The van der Waals surface area contributed by atoms with Crippen molar-refractivity contribution in [3.63, 3.8) is 0 Å². The van der Waals surface area contributed by atoms with E-state index in [1.807, 2.05) is 6.07 Å². The minimum absolute atomic E-state index is 0.407. The van der Waals surface area contributed by atoms with Crippen LogP contribution >= 0.6 is 11.6 Å². The van der Waals surface area contributed by atoms with Gasteiger partial charge in [-0.3, -0.25) is 0 Å². The maximum absolute atomic E-state index is 5.96. The molecule has 0 bridgehead atoms. The van der Waals surface area contributed by atoms with Crippen LogP contribution in [0.3, 0.4) is 0 Å². The van der Waals surface area contributed by atoms with E-state index in [0.29, 0.717) is 23.4 Å². The van der Waals surface area contributed by atoms with Crippen LogP contribution in [0.2, 0.25) is 5.02 Å². The quantitative estimate of drug-likeness (QED) is 0.782. The van der Waals surface area contributed by atoms with Crippen molar-refractivity contribution in [2.24, 2.45) is 11.7 Å². The largest absolute Gasteiger partial charge is 0.477 e. The van der Waals surface area contributed by atoms with Gasteiger partial charge in [0.1, 0.15) is 0 Å². The molecule has 1 unspecified atom stereocenters. The van der Waals surface area contributed by atoms with Crippen molar-refractivity contribution in [3.05, 3.63) is 22.8 Å². The lowest BCUT2D eigenvalue weighted by atomic mass is 10.0. The van der Waals surface area contributed by atoms with E-state index in [9.17, 15) is 0 Å². The second-order valence-corrected chi connectivity index (χ2v) is 4.95. The molecule has 1 aromatic heterocycles. The molecule has 0 amide bonds. The summed E-state index contributed by atoms with van der Waals surface area (Å²) in [5.41, 5.74) is 6.48. The van der Waals surface area contributed by atoms with E-state index in [2.05, 4.69) is 18.8 Å². The topological polar surface area (TPSA) is 48.1 Å². The third-order valence-electron chi connectivity index (χ3n) is 3.14. The Morgan fingerprint density at radius 2 is 2.22 bits per heavy atom. The third kappa shape index (κ3) is 4.83. The molecule has 0 fully saturated rings. The Balaban J connectivity index is 2.51. The molecule has 1 heterocycles. The van der Waals surface area contributed by atoms with Crippen molar-refractivity contribution in [3.8, 4) is 5.88 Å². The Labute approximate surface area is 115 Å². The second-order valence-electron chi connectivity index (χ2n) is 4.55. The summed E-state index contributed by atoms with van der Waals surface area (Å²) >= 11 is 5.96. The highest BCUT2D eigenvalue weighted by Gasteiger charge is 2.08. The van der Waals surface area contributed by atoms with Crippen LogP contribution < -0.4 is 10.5 Å². The zero-order chi connectivity index (χ0) is 13.4. The van der Waals surface area contributed by atoms with Gasteiger partial charge in [-0.25, -0.2) is 4.98 Å². The van der Waals surface area contributed by atoms with Gasteiger partial charge in [0, 0.05) is 18.8 Å². The Bertz CT molecular complexity index is 358. The van der Waals surface area contributed by atoms with Gasteiger partial charge in [0.15, 0.2) is 0 Å². The van der Waals surface area contributed by atoms with Crippen LogP contribution in [0.4, 0.5) is 0 Å². The number of nitrogens with zero attached hydrogens (tertiary/aromatic N) is 1. The molecule has 0 spiro atoms. The van der Waals surface area contributed by atoms with Crippen molar-refractivity contribution < 1.29 is 4.74 Å². The molecule has 0 aliphatic heterocycles. The number of aromatic nitrogens is 1. The molecule has 1 atom stereocenters. The van der Waals surface area contributed by atoms with Crippen molar-refractivity contribution in [1.82, 2.24) is 4.98 Å². The SMILES string of the molecule is CCCCC(CC)COc1cc(CN)c(Cl)cn1. The molecular formula is C14H23ClN2O. The lowest BCUT2D eigenvalue weighted by molar-refractivity contribution is 0.225. The number of ether oxygens (including phenoxy) is 1. The summed E-state index contributed by atoms with van der Waals surface area (Å²) in [6.07, 6.45) is 6.44. The van der Waals surface area contributed by atoms with Gasteiger partial charge in [0.2, 0.25) is 5.88 Å². The normalized spacial score (nSPS) is 12.4. The molecular weight excluding hydrogens is 248 g/mol. The van der Waals surface area contributed by atoms with Gasteiger partial charge in [-0.1, -0.05) is 44.7 Å². The number of rotatable bonds is 8. The first-order valence-electron chi connectivity index (χ1n) is 6.68. The van der Waals surface area contributed by atoms with Crippen LogP contribution in [-0.4, -0.2) is 11.6 Å². The van der Waals surface area contributed by atoms with Gasteiger partial charge in [-0.05, 0) is 17.9 Å². The van der Waals surface area contributed by atoms with Crippen LogP contribution in [0.15, 0.2) is 12.3 Å². The molecule has 0 aliphatic rings. The molecule has 3 nitrogen and oxygen atoms in total. The summed E-state index contributed by atoms with van der Waals surface area (Å²) < 4.78 is 5.73. The van der Waals surface area contributed by atoms with E-state index in [0.717, 1.165) is 18.6 Å². The predicted molar refractivity (Wildman–Crippen MR) is 75.9 cm³/mol. The first-order chi connectivity index (χ1) is 8.71. The highest BCUT2D eigenvalue weighted by atomic mass is 35.5. The number of hydrogen-bond donors (Lipinski definition) is 1.